The van der Waals surface area contributed by atoms with Crippen LogP contribution in [-0.4, -0.2) is 30.4 Å². The summed E-state index contributed by atoms with van der Waals surface area (Å²) in [4.78, 5) is 14.7. The maximum Gasteiger partial charge on any atom is 0.251 e. The quantitative estimate of drug-likeness (QED) is 0.856. The Morgan fingerprint density at radius 2 is 1.67 bits per heavy atom. The van der Waals surface area contributed by atoms with E-state index < -0.39 is 0 Å². The molecule has 2 aromatic rings. The van der Waals surface area contributed by atoms with Crippen molar-refractivity contribution in [1.82, 2.24) is 10.2 Å². The predicted molar refractivity (Wildman–Crippen MR) is 101 cm³/mol. The zero-order valence-electron chi connectivity index (χ0n) is 13.5. The average Bonchev–Trinajstić information content (AvgIpc) is 3.11. The van der Waals surface area contributed by atoms with Gasteiger partial charge in [0.2, 0.25) is 0 Å². The molecule has 1 saturated heterocycles. The predicted octanol–water partition coefficient (Wildman–Crippen LogP) is 4.33. The van der Waals surface area contributed by atoms with Crippen molar-refractivity contribution in [3.8, 4) is 0 Å². The molecule has 5 heteroatoms. The van der Waals surface area contributed by atoms with Gasteiger partial charge in [-0.05, 0) is 49.7 Å². The summed E-state index contributed by atoms with van der Waals surface area (Å²) in [6.07, 6.45) is 2.40. The Morgan fingerprint density at radius 1 is 1.04 bits per heavy atom. The Balaban J connectivity index is 0.00000208. The van der Waals surface area contributed by atoms with E-state index in [0.29, 0.717) is 12.1 Å². The second kappa shape index (κ2) is 9.07. The van der Waals surface area contributed by atoms with Crippen molar-refractivity contribution in [3.05, 3.63) is 70.7 Å². The summed E-state index contributed by atoms with van der Waals surface area (Å²) >= 11 is 6.39. The molecule has 1 fully saturated rings. The van der Waals surface area contributed by atoms with Crippen LogP contribution in [0, 0.1) is 0 Å². The Kier molecular flexibility index (Phi) is 7.10. The van der Waals surface area contributed by atoms with E-state index in [9.17, 15) is 4.79 Å². The first-order chi connectivity index (χ1) is 11.3. The van der Waals surface area contributed by atoms with Gasteiger partial charge in [0.1, 0.15) is 0 Å². The lowest BCUT2D eigenvalue weighted by Gasteiger charge is -2.29. The van der Waals surface area contributed by atoms with Crippen LogP contribution in [0.5, 0.6) is 0 Å². The third-order valence-electron chi connectivity index (χ3n) is 4.34. The van der Waals surface area contributed by atoms with Crippen LogP contribution in [0.15, 0.2) is 54.6 Å². The van der Waals surface area contributed by atoms with Crippen molar-refractivity contribution in [2.75, 3.05) is 19.6 Å². The molecule has 3 rings (SSSR count). The molecule has 1 unspecified atom stereocenters. The fourth-order valence-electron chi connectivity index (χ4n) is 3.12. The zero-order chi connectivity index (χ0) is 16.1. The highest BCUT2D eigenvalue weighted by Gasteiger charge is 2.25. The van der Waals surface area contributed by atoms with Crippen molar-refractivity contribution in [2.24, 2.45) is 0 Å². The molecule has 0 spiro atoms. The summed E-state index contributed by atoms with van der Waals surface area (Å²) in [5, 5.41) is 3.82. The van der Waals surface area contributed by atoms with Crippen LogP contribution in [-0.2, 0) is 0 Å². The second-order valence-electron chi connectivity index (χ2n) is 5.86. The molecular formula is C19H22Cl2N2O. The van der Waals surface area contributed by atoms with E-state index in [4.69, 9.17) is 11.6 Å². The molecule has 1 heterocycles. The fraction of sp³-hybridized carbons (Fsp3) is 0.316. The molecule has 128 valence electrons. The lowest BCUT2D eigenvalue weighted by molar-refractivity contribution is 0.0938. The van der Waals surface area contributed by atoms with Crippen molar-refractivity contribution in [2.45, 2.75) is 18.9 Å². The van der Waals surface area contributed by atoms with Gasteiger partial charge in [0.25, 0.3) is 5.91 Å². The van der Waals surface area contributed by atoms with E-state index in [1.54, 1.807) is 0 Å². The van der Waals surface area contributed by atoms with Crippen molar-refractivity contribution < 1.29 is 4.79 Å². The number of halogens is 2. The van der Waals surface area contributed by atoms with Gasteiger partial charge in [-0.15, -0.1) is 12.4 Å². The number of hydrogen-bond acceptors (Lipinski definition) is 2. The number of nitrogens with zero attached hydrogens (tertiary/aromatic N) is 1. The number of carbonyl (C=O) groups is 1. The van der Waals surface area contributed by atoms with Crippen LogP contribution in [0.4, 0.5) is 0 Å². The van der Waals surface area contributed by atoms with Crippen LogP contribution in [0.25, 0.3) is 0 Å². The maximum absolute atomic E-state index is 12.3. The number of nitrogens with one attached hydrogen (secondary N) is 1. The summed E-state index contributed by atoms with van der Waals surface area (Å²) in [6.45, 7) is 2.67. The van der Waals surface area contributed by atoms with Gasteiger partial charge < -0.3 is 5.32 Å². The summed E-state index contributed by atoms with van der Waals surface area (Å²) in [5.41, 5.74) is 1.77. The number of benzene rings is 2. The number of rotatable bonds is 5. The standard InChI is InChI=1S/C19H21ClN2O.ClH/c20-17-11-5-4-10-16(17)18(22-12-6-7-13-22)14-21-19(23)15-8-2-1-3-9-15;/h1-5,8-11,18H,6-7,12-14H2,(H,21,23);1H. The number of hydrogen-bond donors (Lipinski definition) is 1. The molecule has 0 saturated carbocycles. The molecule has 0 bridgehead atoms. The Bertz CT molecular complexity index is 657. The molecule has 1 aliphatic rings. The van der Waals surface area contributed by atoms with Crippen LogP contribution >= 0.6 is 24.0 Å². The van der Waals surface area contributed by atoms with Gasteiger partial charge in [0.05, 0.1) is 6.04 Å². The monoisotopic (exact) mass is 364 g/mol. The van der Waals surface area contributed by atoms with Crippen LogP contribution in [0.2, 0.25) is 5.02 Å². The van der Waals surface area contributed by atoms with Crippen molar-refractivity contribution >= 4 is 29.9 Å². The van der Waals surface area contributed by atoms with Crippen LogP contribution < -0.4 is 5.32 Å². The van der Waals surface area contributed by atoms with Crippen LogP contribution in [0.1, 0.15) is 34.8 Å². The van der Waals surface area contributed by atoms with Gasteiger partial charge in [-0.3, -0.25) is 9.69 Å². The molecule has 0 aliphatic carbocycles. The van der Waals surface area contributed by atoms with Gasteiger partial charge >= 0.3 is 0 Å². The summed E-state index contributed by atoms with van der Waals surface area (Å²) in [6, 6.07) is 17.4. The fourth-order valence-corrected chi connectivity index (χ4v) is 3.38. The minimum Gasteiger partial charge on any atom is -0.350 e. The normalized spacial score (nSPS) is 15.5. The van der Waals surface area contributed by atoms with Gasteiger partial charge in [0.15, 0.2) is 0 Å². The highest BCUT2D eigenvalue weighted by molar-refractivity contribution is 6.31. The topological polar surface area (TPSA) is 32.3 Å². The second-order valence-corrected chi connectivity index (χ2v) is 6.26. The van der Waals surface area contributed by atoms with Crippen molar-refractivity contribution in [3.63, 3.8) is 0 Å². The molecule has 0 radical (unpaired) electrons. The van der Waals surface area contributed by atoms with E-state index in [1.165, 1.54) is 12.8 Å². The highest BCUT2D eigenvalue weighted by atomic mass is 35.5. The molecule has 24 heavy (non-hydrogen) atoms. The van der Waals surface area contributed by atoms with Gasteiger partial charge in [-0.2, -0.15) is 0 Å². The highest BCUT2D eigenvalue weighted by Crippen LogP contribution is 2.29. The van der Waals surface area contributed by atoms with E-state index in [-0.39, 0.29) is 24.4 Å². The largest absolute Gasteiger partial charge is 0.350 e. The lowest BCUT2D eigenvalue weighted by Crippen LogP contribution is -2.37. The number of likely N-dealkylation sites (tertiary alicyclic amines) is 1. The molecule has 1 atom stereocenters. The van der Waals surface area contributed by atoms with Gasteiger partial charge in [-0.25, -0.2) is 0 Å². The van der Waals surface area contributed by atoms with E-state index >= 15 is 0 Å². The Labute approximate surface area is 154 Å². The average molecular weight is 365 g/mol. The Hall–Kier alpha value is -1.55. The third-order valence-corrected chi connectivity index (χ3v) is 4.68. The van der Waals surface area contributed by atoms with E-state index in [0.717, 1.165) is 23.7 Å². The smallest absolute Gasteiger partial charge is 0.251 e. The maximum atomic E-state index is 12.3. The molecule has 0 aromatic heterocycles. The molecule has 3 nitrogen and oxygen atoms in total. The first-order valence-corrected chi connectivity index (χ1v) is 8.45. The number of amides is 1. The summed E-state index contributed by atoms with van der Waals surface area (Å²) in [7, 11) is 0. The SMILES string of the molecule is Cl.O=C(NCC(c1ccccc1Cl)N1CCCC1)c1ccccc1. The Morgan fingerprint density at radius 3 is 2.33 bits per heavy atom. The van der Waals surface area contributed by atoms with E-state index in [2.05, 4.69) is 16.3 Å². The van der Waals surface area contributed by atoms with Gasteiger partial charge in [0, 0.05) is 17.1 Å². The first-order valence-electron chi connectivity index (χ1n) is 8.07. The molecule has 2 aromatic carbocycles. The molecular weight excluding hydrogens is 343 g/mol. The summed E-state index contributed by atoms with van der Waals surface area (Å²) in [5.74, 6) is -0.0400. The first kappa shape index (κ1) is 18.8. The third kappa shape index (κ3) is 4.50. The molecule has 1 N–H and O–H groups in total. The van der Waals surface area contributed by atoms with Crippen LogP contribution in [0.3, 0.4) is 0 Å². The van der Waals surface area contributed by atoms with Gasteiger partial charge in [-0.1, -0.05) is 48.0 Å². The number of carbonyl (C=O) groups excluding carboxylic acids is 1. The molecule has 1 amide bonds. The molecule has 1 aliphatic heterocycles. The minimum absolute atomic E-state index is 0. The van der Waals surface area contributed by atoms with Crippen molar-refractivity contribution in [1.29, 1.82) is 0 Å². The minimum atomic E-state index is -0.0400. The lowest BCUT2D eigenvalue weighted by atomic mass is 10.1. The van der Waals surface area contributed by atoms with E-state index in [1.807, 2.05) is 48.5 Å². The summed E-state index contributed by atoms with van der Waals surface area (Å²) < 4.78 is 0. The zero-order valence-corrected chi connectivity index (χ0v) is 15.0.